The summed E-state index contributed by atoms with van der Waals surface area (Å²) in [6, 6.07) is 7.91. The van der Waals surface area contributed by atoms with E-state index in [2.05, 4.69) is 22.6 Å². The maximum Gasteiger partial charge on any atom is 0.251 e. The highest BCUT2D eigenvalue weighted by molar-refractivity contribution is 5.95. The summed E-state index contributed by atoms with van der Waals surface area (Å²) < 4.78 is 0. The number of benzene rings is 1. The minimum Gasteiger partial charge on any atom is -0.352 e. The number of rotatable bonds is 7. The monoisotopic (exact) mass is 339 g/mol. The minimum atomic E-state index is 0. The van der Waals surface area contributed by atoms with Crippen LogP contribution in [0.3, 0.4) is 0 Å². The lowest BCUT2D eigenvalue weighted by Crippen LogP contribution is -2.33. The van der Waals surface area contributed by atoms with E-state index >= 15 is 0 Å². The van der Waals surface area contributed by atoms with Crippen molar-refractivity contribution >= 4 is 18.3 Å². The van der Waals surface area contributed by atoms with Gasteiger partial charge >= 0.3 is 0 Å². The second-order valence-electron chi connectivity index (χ2n) is 6.30. The maximum absolute atomic E-state index is 12.4. The zero-order valence-corrected chi connectivity index (χ0v) is 15.1. The number of nitrogens with one attached hydrogen (secondary N) is 2. The van der Waals surface area contributed by atoms with Gasteiger partial charge in [-0.15, -0.1) is 12.4 Å². The van der Waals surface area contributed by atoms with E-state index in [0.29, 0.717) is 0 Å². The summed E-state index contributed by atoms with van der Waals surface area (Å²) in [6.45, 7) is 4.05. The number of piperidine rings is 1. The summed E-state index contributed by atoms with van der Waals surface area (Å²) in [5, 5.41) is 6.24. The van der Waals surface area contributed by atoms with Crippen molar-refractivity contribution in [3.8, 4) is 0 Å². The lowest BCUT2D eigenvalue weighted by molar-refractivity contribution is 0.0948. The molecule has 0 aliphatic carbocycles. The van der Waals surface area contributed by atoms with Gasteiger partial charge in [0.1, 0.15) is 0 Å². The van der Waals surface area contributed by atoms with E-state index < -0.39 is 0 Å². The Labute approximate surface area is 146 Å². The number of halogens is 1. The van der Waals surface area contributed by atoms with Crippen LogP contribution in [0.2, 0.25) is 0 Å². The zero-order chi connectivity index (χ0) is 15.8. The summed E-state index contributed by atoms with van der Waals surface area (Å²) in [4.78, 5) is 14.8. The summed E-state index contributed by atoms with van der Waals surface area (Å²) in [6.07, 6.45) is 4.49. The number of likely N-dealkylation sites (N-methyl/N-ethyl adjacent to an activating group) is 1. The number of carbonyl (C=O) groups is 1. The van der Waals surface area contributed by atoms with Crippen LogP contribution in [0.5, 0.6) is 0 Å². The fourth-order valence-electron chi connectivity index (χ4n) is 3.06. The molecule has 5 heteroatoms. The molecule has 1 aromatic rings. The summed E-state index contributed by atoms with van der Waals surface area (Å²) >= 11 is 0. The molecule has 2 N–H and O–H groups in total. The third kappa shape index (κ3) is 6.50. The molecule has 1 aromatic carbocycles. The Morgan fingerprint density at radius 3 is 2.61 bits per heavy atom. The van der Waals surface area contributed by atoms with Crippen LogP contribution < -0.4 is 10.6 Å². The van der Waals surface area contributed by atoms with E-state index in [0.717, 1.165) is 43.0 Å². The number of carbonyl (C=O) groups excluding carboxylic acids is 1. The predicted octanol–water partition coefficient (Wildman–Crippen LogP) is 2.33. The minimum absolute atomic E-state index is 0. The van der Waals surface area contributed by atoms with Crippen molar-refractivity contribution in [2.45, 2.75) is 25.7 Å². The molecule has 1 aliphatic heterocycles. The molecule has 1 fully saturated rings. The summed E-state index contributed by atoms with van der Waals surface area (Å²) in [5.41, 5.74) is 1.94. The Kier molecular flexibility index (Phi) is 9.22. The summed E-state index contributed by atoms with van der Waals surface area (Å²) in [7, 11) is 4.12. The van der Waals surface area contributed by atoms with Crippen LogP contribution in [0.15, 0.2) is 24.3 Å². The molecular weight excluding hydrogens is 310 g/mol. The van der Waals surface area contributed by atoms with Crippen LogP contribution in [-0.2, 0) is 6.42 Å². The Hall–Kier alpha value is -1.10. The normalized spacial score (nSPS) is 15.9. The predicted molar refractivity (Wildman–Crippen MR) is 98.5 cm³/mol. The first-order chi connectivity index (χ1) is 10.7. The molecule has 130 valence electrons. The molecule has 0 saturated carbocycles. The molecule has 23 heavy (non-hydrogen) atoms. The van der Waals surface area contributed by atoms with Crippen LogP contribution >= 0.6 is 12.4 Å². The molecule has 0 bridgehead atoms. The first-order valence-corrected chi connectivity index (χ1v) is 8.40. The molecule has 0 spiro atoms. The SMILES string of the molecule is CNCCc1ccccc1C(=O)NCCC1CCN(C)CC1.Cl. The van der Waals surface area contributed by atoms with E-state index in [1.165, 1.54) is 25.9 Å². The molecule has 1 amide bonds. The molecule has 0 unspecified atom stereocenters. The van der Waals surface area contributed by atoms with E-state index in [4.69, 9.17) is 0 Å². The molecule has 1 heterocycles. The highest BCUT2D eigenvalue weighted by Crippen LogP contribution is 2.18. The third-order valence-electron chi connectivity index (χ3n) is 4.58. The average Bonchev–Trinajstić information content (AvgIpc) is 2.55. The van der Waals surface area contributed by atoms with Crippen molar-refractivity contribution in [3.05, 3.63) is 35.4 Å². The van der Waals surface area contributed by atoms with Gasteiger partial charge in [0.05, 0.1) is 0 Å². The Morgan fingerprint density at radius 2 is 1.91 bits per heavy atom. The second-order valence-corrected chi connectivity index (χ2v) is 6.30. The molecule has 0 radical (unpaired) electrons. The van der Waals surface area contributed by atoms with Gasteiger partial charge in [0, 0.05) is 12.1 Å². The largest absolute Gasteiger partial charge is 0.352 e. The Balaban J connectivity index is 0.00000264. The molecule has 1 saturated heterocycles. The van der Waals surface area contributed by atoms with Crippen molar-refractivity contribution in [1.29, 1.82) is 0 Å². The van der Waals surface area contributed by atoms with E-state index in [1.54, 1.807) is 0 Å². The van der Waals surface area contributed by atoms with Crippen molar-refractivity contribution in [3.63, 3.8) is 0 Å². The number of amides is 1. The van der Waals surface area contributed by atoms with Crippen LogP contribution in [0.4, 0.5) is 0 Å². The van der Waals surface area contributed by atoms with Gasteiger partial charge in [-0.2, -0.15) is 0 Å². The Bertz CT molecular complexity index is 473. The molecule has 1 aliphatic rings. The van der Waals surface area contributed by atoms with E-state index in [1.807, 2.05) is 31.3 Å². The van der Waals surface area contributed by atoms with Crippen molar-refractivity contribution < 1.29 is 4.79 Å². The number of hydrogen-bond acceptors (Lipinski definition) is 3. The fraction of sp³-hybridized carbons (Fsp3) is 0.611. The van der Waals surface area contributed by atoms with Gasteiger partial charge in [-0.1, -0.05) is 18.2 Å². The van der Waals surface area contributed by atoms with Crippen molar-refractivity contribution in [1.82, 2.24) is 15.5 Å². The summed E-state index contributed by atoms with van der Waals surface area (Å²) in [5.74, 6) is 0.829. The van der Waals surface area contributed by atoms with E-state index in [-0.39, 0.29) is 18.3 Å². The van der Waals surface area contributed by atoms with Gasteiger partial charge in [-0.25, -0.2) is 0 Å². The topological polar surface area (TPSA) is 44.4 Å². The molecule has 0 atom stereocenters. The molecule has 4 nitrogen and oxygen atoms in total. The van der Waals surface area contributed by atoms with Crippen LogP contribution in [0.25, 0.3) is 0 Å². The van der Waals surface area contributed by atoms with Gasteiger partial charge in [0.15, 0.2) is 0 Å². The van der Waals surface area contributed by atoms with Crippen LogP contribution in [0.1, 0.15) is 35.2 Å². The second kappa shape index (κ2) is 10.6. The average molecular weight is 340 g/mol. The van der Waals surface area contributed by atoms with Gasteiger partial charge < -0.3 is 15.5 Å². The number of nitrogens with zero attached hydrogens (tertiary/aromatic N) is 1. The number of hydrogen-bond donors (Lipinski definition) is 2. The van der Waals surface area contributed by atoms with Gasteiger partial charge in [-0.3, -0.25) is 4.79 Å². The van der Waals surface area contributed by atoms with Crippen molar-refractivity contribution in [2.75, 3.05) is 40.3 Å². The Morgan fingerprint density at radius 1 is 1.22 bits per heavy atom. The molecule has 0 aromatic heterocycles. The fourth-order valence-corrected chi connectivity index (χ4v) is 3.06. The first-order valence-electron chi connectivity index (χ1n) is 8.40. The first kappa shape index (κ1) is 19.9. The molecule has 2 rings (SSSR count). The lowest BCUT2D eigenvalue weighted by atomic mass is 9.94. The van der Waals surface area contributed by atoms with E-state index in [9.17, 15) is 4.79 Å². The van der Waals surface area contributed by atoms with Gasteiger partial charge in [0.2, 0.25) is 0 Å². The third-order valence-corrected chi connectivity index (χ3v) is 4.58. The maximum atomic E-state index is 12.4. The highest BCUT2D eigenvalue weighted by Gasteiger charge is 2.17. The van der Waals surface area contributed by atoms with Crippen molar-refractivity contribution in [2.24, 2.45) is 5.92 Å². The van der Waals surface area contributed by atoms with Gasteiger partial charge in [-0.05, 0) is 77.0 Å². The standard InChI is InChI=1S/C18H29N3O.ClH/c1-19-11-8-16-5-3-4-6-17(16)18(22)20-12-7-15-9-13-21(2)14-10-15;/h3-6,15,19H,7-14H2,1-2H3,(H,20,22);1H. The quantitative estimate of drug-likeness (QED) is 0.801. The smallest absolute Gasteiger partial charge is 0.251 e. The van der Waals surface area contributed by atoms with Crippen LogP contribution in [-0.4, -0.2) is 51.1 Å². The number of likely N-dealkylation sites (tertiary alicyclic amines) is 1. The van der Waals surface area contributed by atoms with Gasteiger partial charge in [0.25, 0.3) is 5.91 Å². The zero-order valence-electron chi connectivity index (χ0n) is 14.3. The highest BCUT2D eigenvalue weighted by atomic mass is 35.5. The lowest BCUT2D eigenvalue weighted by Gasteiger charge is -2.28. The van der Waals surface area contributed by atoms with Crippen LogP contribution in [0, 0.1) is 5.92 Å². The molecular formula is C18H30ClN3O.